The van der Waals surface area contributed by atoms with Crippen LogP contribution in [0.5, 0.6) is 0 Å². The molecule has 0 spiro atoms. The first kappa shape index (κ1) is 20.5. The van der Waals surface area contributed by atoms with Gasteiger partial charge in [0, 0.05) is 23.9 Å². The van der Waals surface area contributed by atoms with Gasteiger partial charge in [-0.25, -0.2) is 4.79 Å². The Labute approximate surface area is 186 Å². The number of aromatic amines is 1. The van der Waals surface area contributed by atoms with Gasteiger partial charge in [-0.05, 0) is 55.3 Å². The van der Waals surface area contributed by atoms with Gasteiger partial charge < -0.3 is 9.32 Å². The van der Waals surface area contributed by atoms with Crippen LogP contribution in [0.4, 0.5) is 0 Å². The Kier molecular flexibility index (Phi) is 5.50. The molecule has 1 aliphatic heterocycles. The second kappa shape index (κ2) is 8.60. The van der Waals surface area contributed by atoms with E-state index in [0.717, 1.165) is 32.5 Å². The van der Waals surface area contributed by atoms with Gasteiger partial charge in [-0.15, -0.1) is 0 Å². The first-order valence-corrected chi connectivity index (χ1v) is 11.1. The number of ketones is 1. The minimum absolute atomic E-state index is 0.0138. The van der Waals surface area contributed by atoms with E-state index in [9.17, 15) is 9.59 Å². The Morgan fingerprint density at radius 3 is 2.16 bits per heavy atom. The van der Waals surface area contributed by atoms with Gasteiger partial charge in [-0.2, -0.15) is 0 Å². The number of carbonyl (C=O) groups is 1. The molecule has 0 radical (unpaired) electrons. The smallest absolute Gasteiger partial charge is 0.408 e. The average molecular weight is 427 g/mol. The van der Waals surface area contributed by atoms with E-state index in [-0.39, 0.29) is 11.2 Å². The summed E-state index contributed by atoms with van der Waals surface area (Å²) in [5, 5.41) is 0. The quantitative estimate of drug-likeness (QED) is 0.451. The molecule has 0 atom stereocenters. The maximum atomic E-state index is 12.8. The second-order valence-electron chi connectivity index (χ2n) is 8.55. The summed E-state index contributed by atoms with van der Waals surface area (Å²) in [5.74, 6) is -0.433. The fourth-order valence-electron chi connectivity index (χ4n) is 4.94. The minimum Gasteiger partial charge on any atom is -0.408 e. The summed E-state index contributed by atoms with van der Waals surface area (Å²) in [6.07, 6.45) is 2.50. The Morgan fingerprint density at radius 2 is 1.53 bits per heavy atom. The highest BCUT2D eigenvalue weighted by Gasteiger charge is 2.37. The molecule has 1 saturated heterocycles. The predicted octanol–water partition coefficient (Wildman–Crippen LogP) is 4.78. The summed E-state index contributed by atoms with van der Waals surface area (Å²) in [4.78, 5) is 29.1. The predicted molar refractivity (Wildman–Crippen MR) is 125 cm³/mol. The second-order valence-corrected chi connectivity index (χ2v) is 8.55. The molecule has 0 amide bonds. The van der Waals surface area contributed by atoms with Gasteiger partial charge >= 0.3 is 5.76 Å². The number of hydrogen-bond donors (Lipinski definition) is 1. The normalized spacial score (nSPS) is 16.2. The number of benzene rings is 3. The number of nitrogens with zero attached hydrogens (tertiary/aromatic N) is 1. The molecule has 0 bridgehead atoms. The molecule has 5 heteroatoms. The molecule has 0 saturated carbocycles. The topological polar surface area (TPSA) is 66.3 Å². The summed E-state index contributed by atoms with van der Waals surface area (Å²) in [7, 11) is 0. The summed E-state index contributed by atoms with van der Waals surface area (Å²) in [5.41, 5.74) is 4.36. The van der Waals surface area contributed by atoms with Crippen molar-refractivity contribution in [3.05, 3.63) is 106 Å². The molecule has 0 unspecified atom stereocenters. The third-order valence-electron chi connectivity index (χ3n) is 6.76. The van der Waals surface area contributed by atoms with Gasteiger partial charge in [0.2, 0.25) is 0 Å². The summed E-state index contributed by atoms with van der Waals surface area (Å²) in [6, 6.07) is 26.7. The first-order chi connectivity index (χ1) is 15.6. The highest BCUT2D eigenvalue weighted by Crippen LogP contribution is 2.41. The monoisotopic (exact) mass is 426 g/mol. The zero-order valence-electron chi connectivity index (χ0n) is 17.9. The number of piperidine rings is 1. The Hall–Kier alpha value is -3.44. The van der Waals surface area contributed by atoms with E-state index >= 15 is 0 Å². The fourth-order valence-corrected chi connectivity index (χ4v) is 4.94. The van der Waals surface area contributed by atoms with E-state index in [4.69, 9.17) is 4.42 Å². The molecule has 0 aliphatic carbocycles. The molecular weight excluding hydrogens is 400 g/mol. The standard InChI is InChI=1S/C27H26N2O3/c30-24(20-11-12-23-25(19-20)32-26(31)28-23)13-16-29-17-14-27(15-18-29,21-7-3-1-4-8-21)22-9-5-2-6-10-22/h1-12,19H,13-18H2,(H,28,31). The van der Waals surface area contributed by atoms with Crippen molar-refractivity contribution in [1.82, 2.24) is 9.88 Å². The number of carbonyl (C=O) groups excluding carboxylic acids is 1. The molecule has 5 nitrogen and oxygen atoms in total. The Balaban J connectivity index is 1.27. The molecule has 32 heavy (non-hydrogen) atoms. The van der Waals surface area contributed by atoms with E-state index in [0.29, 0.717) is 23.1 Å². The van der Waals surface area contributed by atoms with Gasteiger partial charge in [0.15, 0.2) is 11.4 Å². The summed E-state index contributed by atoms with van der Waals surface area (Å²) >= 11 is 0. The molecule has 1 fully saturated rings. The van der Waals surface area contributed by atoms with Crippen molar-refractivity contribution < 1.29 is 9.21 Å². The van der Waals surface area contributed by atoms with Gasteiger partial charge in [-0.1, -0.05) is 60.7 Å². The van der Waals surface area contributed by atoms with Crippen LogP contribution in [-0.4, -0.2) is 35.3 Å². The molecule has 1 aliphatic rings. The lowest BCUT2D eigenvalue weighted by Gasteiger charge is -2.43. The molecule has 1 N–H and O–H groups in total. The van der Waals surface area contributed by atoms with Crippen LogP contribution >= 0.6 is 0 Å². The zero-order chi connectivity index (χ0) is 22.0. The van der Waals surface area contributed by atoms with Crippen LogP contribution in [-0.2, 0) is 5.41 Å². The number of hydrogen-bond acceptors (Lipinski definition) is 4. The highest BCUT2D eigenvalue weighted by atomic mass is 16.4. The first-order valence-electron chi connectivity index (χ1n) is 11.1. The number of H-pyrrole nitrogens is 1. The lowest BCUT2D eigenvalue weighted by atomic mass is 9.68. The van der Waals surface area contributed by atoms with Gasteiger partial charge in [0.25, 0.3) is 0 Å². The number of fused-ring (bicyclic) bond motifs is 1. The molecule has 1 aromatic heterocycles. The van der Waals surface area contributed by atoms with Crippen molar-refractivity contribution >= 4 is 16.9 Å². The third kappa shape index (κ3) is 3.92. The summed E-state index contributed by atoms with van der Waals surface area (Å²) < 4.78 is 5.09. The van der Waals surface area contributed by atoms with E-state index in [2.05, 4.69) is 70.5 Å². The molecule has 2 heterocycles. The van der Waals surface area contributed by atoms with Crippen LogP contribution in [0.15, 0.2) is 88.1 Å². The highest BCUT2D eigenvalue weighted by molar-refractivity contribution is 5.98. The molecule has 3 aromatic carbocycles. The maximum absolute atomic E-state index is 12.8. The molecule has 4 aromatic rings. The van der Waals surface area contributed by atoms with Crippen LogP contribution in [0, 0.1) is 0 Å². The largest absolute Gasteiger partial charge is 0.417 e. The van der Waals surface area contributed by atoms with E-state index in [1.54, 1.807) is 18.2 Å². The Morgan fingerprint density at radius 1 is 0.906 bits per heavy atom. The van der Waals surface area contributed by atoms with Gasteiger partial charge in [-0.3, -0.25) is 9.78 Å². The Bertz CT molecular complexity index is 1230. The zero-order valence-corrected chi connectivity index (χ0v) is 17.9. The van der Waals surface area contributed by atoms with Crippen molar-refractivity contribution in [1.29, 1.82) is 0 Å². The number of rotatable bonds is 6. The van der Waals surface area contributed by atoms with E-state index in [1.165, 1.54) is 11.1 Å². The number of likely N-dealkylation sites (tertiary alicyclic amines) is 1. The third-order valence-corrected chi connectivity index (χ3v) is 6.76. The average Bonchev–Trinajstić information content (AvgIpc) is 3.23. The van der Waals surface area contributed by atoms with Crippen molar-refractivity contribution in [2.24, 2.45) is 0 Å². The van der Waals surface area contributed by atoms with Crippen molar-refractivity contribution in [2.45, 2.75) is 24.7 Å². The number of aromatic nitrogens is 1. The van der Waals surface area contributed by atoms with Gasteiger partial charge in [0.05, 0.1) is 5.52 Å². The van der Waals surface area contributed by atoms with Crippen LogP contribution in [0.3, 0.4) is 0 Å². The molecule has 162 valence electrons. The number of Topliss-reactive ketones (excluding diaryl/α,β-unsaturated/α-hetero) is 1. The minimum atomic E-state index is -0.502. The van der Waals surface area contributed by atoms with E-state index in [1.807, 2.05) is 0 Å². The fraction of sp³-hybridized carbons (Fsp3) is 0.259. The van der Waals surface area contributed by atoms with Crippen LogP contribution < -0.4 is 5.76 Å². The lowest BCUT2D eigenvalue weighted by molar-refractivity contribution is 0.0949. The van der Waals surface area contributed by atoms with Gasteiger partial charge in [0.1, 0.15) is 0 Å². The number of nitrogens with one attached hydrogen (secondary N) is 1. The van der Waals surface area contributed by atoms with Crippen LogP contribution in [0.25, 0.3) is 11.1 Å². The number of oxazole rings is 1. The van der Waals surface area contributed by atoms with Crippen LogP contribution in [0.2, 0.25) is 0 Å². The lowest BCUT2D eigenvalue weighted by Crippen LogP contribution is -2.43. The molecule has 5 rings (SSSR count). The van der Waals surface area contributed by atoms with E-state index < -0.39 is 5.76 Å². The van der Waals surface area contributed by atoms with Crippen molar-refractivity contribution in [3.8, 4) is 0 Å². The maximum Gasteiger partial charge on any atom is 0.417 e. The SMILES string of the molecule is O=C(CCN1CCC(c2ccccc2)(c2ccccc2)CC1)c1ccc2[nH]c(=O)oc2c1. The van der Waals surface area contributed by atoms with Crippen LogP contribution in [0.1, 0.15) is 40.7 Å². The van der Waals surface area contributed by atoms with Crippen molar-refractivity contribution in [3.63, 3.8) is 0 Å². The molecular formula is C27H26N2O3. The summed E-state index contributed by atoms with van der Waals surface area (Å²) in [6.45, 7) is 2.62. The van der Waals surface area contributed by atoms with Crippen molar-refractivity contribution in [2.75, 3.05) is 19.6 Å².